The fourth-order valence-corrected chi connectivity index (χ4v) is 5.02. The molecule has 1 amide bonds. The number of carbonyl (C=O) groups excluding carboxylic acids is 1. The summed E-state index contributed by atoms with van der Waals surface area (Å²) in [5.74, 6) is -0.198. The molecule has 1 atom stereocenters. The molecule has 2 saturated carbocycles. The van der Waals surface area contributed by atoms with Crippen molar-refractivity contribution in [3.63, 3.8) is 0 Å². The Hall–Kier alpha value is -2.92. The zero-order chi connectivity index (χ0) is 24.6. The van der Waals surface area contributed by atoms with Crippen LogP contribution in [0.25, 0.3) is 0 Å². The van der Waals surface area contributed by atoms with Gasteiger partial charge in [-0.05, 0) is 75.3 Å². The molecule has 2 aliphatic rings. The average Bonchev–Trinajstić information content (AvgIpc) is 3.65. The van der Waals surface area contributed by atoms with Gasteiger partial charge in [-0.15, -0.1) is 0 Å². The maximum absolute atomic E-state index is 13.4. The third-order valence-electron chi connectivity index (χ3n) is 7.35. The summed E-state index contributed by atoms with van der Waals surface area (Å²) in [6.07, 6.45) is 2.07. The van der Waals surface area contributed by atoms with E-state index >= 15 is 0 Å². The molecule has 0 aliphatic heterocycles. The first-order chi connectivity index (χ1) is 16.1. The second kappa shape index (κ2) is 9.03. The van der Waals surface area contributed by atoms with Gasteiger partial charge in [0, 0.05) is 41.4 Å². The third kappa shape index (κ3) is 4.54. The van der Waals surface area contributed by atoms with Crippen molar-refractivity contribution in [2.24, 2.45) is 0 Å². The highest BCUT2D eigenvalue weighted by Gasteiger charge is 2.51. The fraction of sp³-hybridized carbons (Fsp3) is 0.500. The van der Waals surface area contributed by atoms with Gasteiger partial charge in [0.25, 0.3) is 5.91 Å². The molecule has 0 radical (unpaired) electrons. The van der Waals surface area contributed by atoms with Gasteiger partial charge >= 0.3 is 6.18 Å². The number of hydrogen-bond acceptors (Lipinski definition) is 4. The lowest BCUT2D eigenvalue weighted by atomic mass is 9.68. The number of carbonyl (C=O) groups is 1. The highest BCUT2D eigenvalue weighted by Crippen LogP contribution is 2.45. The smallest absolute Gasteiger partial charge is 0.376 e. The first-order valence-corrected chi connectivity index (χ1v) is 11.6. The molecular weight excluding hydrogens is 443 g/mol. The van der Waals surface area contributed by atoms with Crippen molar-refractivity contribution in [2.75, 3.05) is 0 Å². The van der Waals surface area contributed by atoms with Gasteiger partial charge < -0.3 is 10.0 Å². The highest BCUT2D eigenvalue weighted by atomic mass is 19.4. The van der Waals surface area contributed by atoms with Crippen LogP contribution in [0.15, 0.2) is 48.7 Å². The first-order valence-electron chi connectivity index (χ1n) is 11.6. The van der Waals surface area contributed by atoms with Crippen LogP contribution in [0.5, 0.6) is 0 Å². The van der Waals surface area contributed by atoms with Crippen molar-refractivity contribution in [3.8, 4) is 6.07 Å². The summed E-state index contributed by atoms with van der Waals surface area (Å²) in [5.41, 5.74) is -2.39. The molecule has 34 heavy (non-hydrogen) atoms. The zero-order valence-corrected chi connectivity index (χ0v) is 19.1. The lowest BCUT2D eigenvalue weighted by Crippen LogP contribution is -2.46. The lowest BCUT2D eigenvalue weighted by Gasteiger charge is -2.42. The number of amides is 1. The van der Waals surface area contributed by atoms with Crippen LogP contribution in [0.1, 0.15) is 73.5 Å². The van der Waals surface area contributed by atoms with E-state index in [9.17, 15) is 28.3 Å². The molecule has 8 heteroatoms. The second-order valence-electron chi connectivity index (χ2n) is 9.65. The van der Waals surface area contributed by atoms with Crippen LogP contribution in [0.4, 0.5) is 13.2 Å². The van der Waals surface area contributed by atoms with Gasteiger partial charge in [0.15, 0.2) is 5.60 Å². The maximum atomic E-state index is 13.4. The van der Waals surface area contributed by atoms with Crippen LogP contribution in [0, 0.1) is 11.3 Å². The maximum Gasteiger partial charge on any atom is 0.421 e. The number of benzene rings is 1. The summed E-state index contributed by atoms with van der Waals surface area (Å²) >= 11 is 0. The Morgan fingerprint density at radius 1 is 1.12 bits per heavy atom. The number of aromatic nitrogens is 1. The lowest BCUT2D eigenvalue weighted by molar-refractivity contribution is -0.258. The molecule has 2 fully saturated rings. The molecule has 0 unspecified atom stereocenters. The molecule has 5 nitrogen and oxygen atoms in total. The summed E-state index contributed by atoms with van der Waals surface area (Å²) in [6.45, 7) is 0.706. The highest BCUT2D eigenvalue weighted by molar-refractivity contribution is 5.95. The Balaban J connectivity index is 1.51. The van der Waals surface area contributed by atoms with Crippen LogP contribution in [-0.2, 0) is 11.0 Å². The number of alkyl halides is 3. The van der Waals surface area contributed by atoms with Crippen molar-refractivity contribution in [2.45, 2.75) is 81.1 Å². The van der Waals surface area contributed by atoms with Crippen LogP contribution >= 0.6 is 0 Å². The number of aliphatic hydroxyl groups is 1. The largest absolute Gasteiger partial charge is 0.421 e. The van der Waals surface area contributed by atoms with Crippen LogP contribution < -0.4 is 0 Å². The van der Waals surface area contributed by atoms with Gasteiger partial charge in [-0.2, -0.15) is 18.4 Å². The van der Waals surface area contributed by atoms with Crippen molar-refractivity contribution in [1.29, 1.82) is 5.26 Å². The number of pyridine rings is 1. The summed E-state index contributed by atoms with van der Waals surface area (Å²) in [7, 11) is 0. The van der Waals surface area contributed by atoms with E-state index in [1.54, 1.807) is 6.20 Å². The Bertz CT molecular complexity index is 1050. The zero-order valence-electron chi connectivity index (χ0n) is 19.1. The molecule has 1 heterocycles. The van der Waals surface area contributed by atoms with Gasteiger partial charge in [-0.3, -0.25) is 9.78 Å². The summed E-state index contributed by atoms with van der Waals surface area (Å²) in [5, 5.41) is 19.4. The molecule has 0 saturated heterocycles. The van der Waals surface area contributed by atoms with E-state index in [0.29, 0.717) is 18.9 Å². The van der Waals surface area contributed by atoms with E-state index < -0.39 is 11.8 Å². The van der Waals surface area contributed by atoms with E-state index in [-0.39, 0.29) is 29.0 Å². The first kappa shape index (κ1) is 24.2. The van der Waals surface area contributed by atoms with E-state index in [2.05, 4.69) is 11.1 Å². The molecule has 180 valence electrons. The predicted octanol–water partition coefficient (Wildman–Crippen LogP) is 5.25. The molecule has 0 bridgehead atoms. The van der Waals surface area contributed by atoms with Gasteiger partial charge in [0.1, 0.15) is 0 Å². The minimum absolute atomic E-state index is 0.00786. The van der Waals surface area contributed by atoms with Crippen molar-refractivity contribution < 1.29 is 23.1 Å². The molecule has 4 rings (SSSR count). The van der Waals surface area contributed by atoms with E-state index in [4.69, 9.17) is 0 Å². The molecule has 2 aliphatic carbocycles. The second-order valence-corrected chi connectivity index (χ2v) is 9.65. The number of rotatable bonds is 6. The van der Waals surface area contributed by atoms with E-state index in [0.717, 1.165) is 44.2 Å². The Labute approximate surface area is 197 Å². The van der Waals surface area contributed by atoms with E-state index in [1.807, 2.05) is 23.1 Å². The van der Waals surface area contributed by atoms with Crippen LogP contribution in [0.3, 0.4) is 0 Å². The molecule has 1 N–H and O–H groups in total. The molecular formula is C26H28F3N3O2. The molecule has 1 aromatic heterocycles. The topological polar surface area (TPSA) is 77.2 Å². The monoisotopic (exact) mass is 471 g/mol. The number of halogens is 3. The molecule has 0 spiro atoms. The Morgan fingerprint density at radius 3 is 2.24 bits per heavy atom. The molecule has 2 aromatic rings. The van der Waals surface area contributed by atoms with Crippen LogP contribution in [-0.4, -0.2) is 39.2 Å². The average molecular weight is 472 g/mol. The predicted molar refractivity (Wildman–Crippen MR) is 120 cm³/mol. The van der Waals surface area contributed by atoms with Crippen molar-refractivity contribution >= 4 is 5.91 Å². The standard InChI is InChI=1S/C26H28F3N3O2/c1-24(34,26(27,28)29)19-7-5-18(6-8-19)23(33)32(20-9-10-20)21-11-13-25(14-12-21,15-16-30)22-4-2-3-17-31-22/h2-8,17,20-21,34H,9-15H2,1H3/t21?,24-,25?/m0/s1. The van der Waals surface area contributed by atoms with Crippen molar-refractivity contribution in [1.82, 2.24) is 9.88 Å². The summed E-state index contributed by atoms with van der Waals surface area (Å²) < 4.78 is 39.5. The van der Waals surface area contributed by atoms with Crippen LogP contribution in [0.2, 0.25) is 0 Å². The Kier molecular flexibility index (Phi) is 6.43. The number of hydrogen-bond donors (Lipinski definition) is 1. The van der Waals surface area contributed by atoms with Gasteiger partial charge in [0.2, 0.25) is 0 Å². The number of nitriles is 1. The third-order valence-corrected chi connectivity index (χ3v) is 7.35. The number of nitrogens with zero attached hydrogens (tertiary/aromatic N) is 3. The van der Waals surface area contributed by atoms with Crippen molar-refractivity contribution in [3.05, 3.63) is 65.5 Å². The van der Waals surface area contributed by atoms with Gasteiger partial charge in [0.05, 0.1) is 6.07 Å². The van der Waals surface area contributed by atoms with E-state index in [1.165, 1.54) is 24.3 Å². The van der Waals surface area contributed by atoms with Gasteiger partial charge in [-0.1, -0.05) is 18.2 Å². The SMILES string of the molecule is C[C@](O)(c1ccc(C(=O)N(C2CC2)C2CCC(CC#N)(c3ccccn3)CC2)cc1)C(F)(F)F. The summed E-state index contributed by atoms with van der Waals surface area (Å²) in [6, 6.07) is 13.3. The minimum Gasteiger partial charge on any atom is -0.376 e. The normalized spacial score (nSPS) is 24.6. The minimum atomic E-state index is -4.82. The Morgan fingerprint density at radius 2 is 1.74 bits per heavy atom. The summed E-state index contributed by atoms with van der Waals surface area (Å²) in [4.78, 5) is 19.8. The van der Waals surface area contributed by atoms with Gasteiger partial charge in [-0.25, -0.2) is 0 Å². The quantitative estimate of drug-likeness (QED) is 0.624. The fourth-order valence-electron chi connectivity index (χ4n) is 5.02. The molecule has 1 aromatic carbocycles.